The molecule has 0 N–H and O–H groups in total. The van der Waals surface area contributed by atoms with Gasteiger partial charge in [-0.05, 0) is 61.8 Å². The molecule has 6 nitrogen and oxygen atoms in total. The predicted octanol–water partition coefficient (Wildman–Crippen LogP) is 4.24. The lowest BCUT2D eigenvalue weighted by Crippen LogP contribution is -2.55. The summed E-state index contributed by atoms with van der Waals surface area (Å²) in [6.45, 7) is 1.34. The first-order valence-corrected chi connectivity index (χ1v) is 11.2. The number of benzene rings is 1. The molecule has 1 heterocycles. The number of nitrogens with zero attached hydrogens (tertiary/aromatic N) is 3. The van der Waals surface area contributed by atoms with Crippen molar-refractivity contribution in [1.82, 2.24) is 4.90 Å². The molecular formula is C21H25N3O3S. The Hall–Kier alpha value is -1.89. The molecule has 1 aromatic rings. The number of aliphatic imine (C=N–C) groups is 1. The van der Waals surface area contributed by atoms with E-state index in [1.807, 2.05) is 11.0 Å². The first-order valence-electron chi connectivity index (χ1n) is 10.2. The molecular weight excluding hydrogens is 374 g/mol. The summed E-state index contributed by atoms with van der Waals surface area (Å²) in [6, 6.07) is 6.71. The highest BCUT2D eigenvalue weighted by Crippen LogP contribution is 2.60. The Morgan fingerprint density at radius 3 is 2.54 bits per heavy atom. The van der Waals surface area contributed by atoms with E-state index in [1.165, 1.54) is 37.1 Å². The molecule has 0 spiro atoms. The minimum absolute atomic E-state index is 0.105. The Kier molecular flexibility index (Phi) is 4.45. The van der Waals surface area contributed by atoms with Crippen molar-refractivity contribution in [3.05, 3.63) is 39.9 Å². The number of carbonyl (C=O) groups excluding carboxylic acids is 1. The van der Waals surface area contributed by atoms with E-state index in [0.717, 1.165) is 47.7 Å². The summed E-state index contributed by atoms with van der Waals surface area (Å²) in [5, 5.41) is 11.8. The Labute approximate surface area is 168 Å². The summed E-state index contributed by atoms with van der Waals surface area (Å²) in [6.07, 6.45) is 7.19. The minimum Gasteiger partial charge on any atom is -0.289 e. The molecule has 0 radical (unpaired) electrons. The van der Waals surface area contributed by atoms with E-state index in [0.29, 0.717) is 24.7 Å². The molecule has 0 saturated heterocycles. The van der Waals surface area contributed by atoms with Gasteiger partial charge in [-0.25, -0.2) is 0 Å². The second-order valence-electron chi connectivity index (χ2n) is 9.03. The van der Waals surface area contributed by atoms with Crippen molar-refractivity contribution < 1.29 is 9.72 Å². The van der Waals surface area contributed by atoms with E-state index in [1.54, 1.807) is 12.1 Å². The monoisotopic (exact) mass is 399 g/mol. The predicted molar refractivity (Wildman–Crippen MR) is 109 cm³/mol. The van der Waals surface area contributed by atoms with E-state index in [2.05, 4.69) is 4.99 Å². The molecule has 6 rings (SSSR count). The number of rotatable bonds is 4. The van der Waals surface area contributed by atoms with Crippen molar-refractivity contribution in [2.45, 2.75) is 44.3 Å². The lowest BCUT2D eigenvalue weighted by atomic mass is 9.49. The number of carbonyl (C=O) groups is 1. The highest BCUT2D eigenvalue weighted by molar-refractivity contribution is 8.13. The number of hydrogen-bond acceptors (Lipinski definition) is 5. The van der Waals surface area contributed by atoms with Crippen LogP contribution in [0.15, 0.2) is 29.3 Å². The van der Waals surface area contributed by atoms with Gasteiger partial charge in [0.1, 0.15) is 0 Å². The molecule has 5 aliphatic rings. The SMILES string of the molecule is O=C(N1CCN=C1SCc1cccc([N+](=O)[O-])c1)C12CC3CC(CC(C3)C1)C2. The fraction of sp³-hybridized carbons (Fsp3) is 0.619. The van der Waals surface area contributed by atoms with Gasteiger partial charge < -0.3 is 0 Å². The maximum absolute atomic E-state index is 13.6. The van der Waals surface area contributed by atoms with Crippen LogP contribution in [0, 0.1) is 33.3 Å². The zero-order chi connectivity index (χ0) is 19.3. The summed E-state index contributed by atoms with van der Waals surface area (Å²) in [5.74, 6) is 3.13. The van der Waals surface area contributed by atoms with Gasteiger partial charge in [-0.2, -0.15) is 0 Å². The molecule has 148 valence electrons. The first kappa shape index (κ1) is 18.2. The molecule has 7 heteroatoms. The molecule has 0 aromatic heterocycles. The Morgan fingerprint density at radius 1 is 1.21 bits per heavy atom. The van der Waals surface area contributed by atoms with Gasteiger partial charge in [0.2, 0.25) is 5.91 Å². The summed E-state index contributed by atoms with van der Waals surface area (Å²) >= 11 is 1.53. The van der Waals surface area contributed by atoms with E-state index in [4.69, 9.17) is 0 Å². The number of amides is 1. The number of non-ortho nitro benzene ring substituents is 1. The quantitative estimate of drug-likeness (QED) is 0.560. The van der Waals surface area contributed by atoms with Crippen molar-refractivity contribution in [1.29, 1.82) is 0 Å². The fourth-order valence-electron chi connectivity index (χ4n) is 6.31. The number of amidine groups is 1. The van der Waals surface area contributed by atoms with E-state index < -0.39 is 0 Å². The second kappa shape index (κ2) is 6.87. The topological polar surface area (TPSA) is 75.8 Å². The van der Waals surface area contributed by atoms with Crippen molar-refractivity contribution in [2.24, 2.45) is 28.2 Å². The highest BCUT2D eigenvalue weighted by atomic mass is 32.2. The Morgan fingerprint density at radius 2 is 1.89 bits per heavy atom. The van der Waals surface area contributed by atoms with E-state index in [9.17, 15) is 14.9 Å². The minimum atomic E-state index is -0.371. The number of thioether (sulfide) groups is 1. The molecule has 0 unspecified atom stereocenters. The highest BCUT2D eigenvalue weighted by Gasteiger charge is 2.56. The molecule has 1 amide bonds. The molecule has 4 fully saturated rings. The van der Waals surface area contributed by atoms with Crippen LogP contribution in [0.25, 0.3) is 0 Å². The van der Waals surface area contributed by atoms with E-state index in [-0.39, 0.29) is 16.0 Å². The number of hydrogen-bond donors (Lipinski definition) is 0. The molecule has 4 aliphatic carbocycles. The van der Waals surface area contributed by atoms with Gasteiger partial charge in [0.25, 0.3) is 5.69 Å². The van der Waals surface area contributed by atoms with Crippen LogP contribution in [0.2, 0.25) is 0 Å². The van der Waals surface area contributed by atoms with Gasteiger partial charge in [0.05, 0.1) is 16.9 Å². The Balaban J connectivity index is 1.29. The van der Waals surface area contributed by atoms with Gasteiger partial charge in [-0.3, -0.25) is 24.8 Å². The molecule has 1 aliphatic heterocycles. The van der Waals surface area contributed by atoms with Gasteiger partial charge >= 0.3 is 0 Å². The normalized spacial score (nSPS) is 33.2. The van der Waals surface area contributed by atoms with Crippen molar-refractivity contribution >= 4 is 28.5 Å². The third kappa shape index (κ3) is 3.13. The van der Waals surface area contributed by atoms with Crippen LogP contribution >= 0.6 is 11.8 Å². The third-order valence-corrected chi connectivity index (χ3v) is 8.11. The molecule has 28 heavy (non-hydrogen) atoms. The van der Waals surface area contributed by atoms with Crippen molar-refractivity contribution in [3.8, 4) is 0 Å². The van der Waals surface area contributed by atoms with Crippen LogP contribution in [0.1, 0.15) is 44.1 Å². The summed E-state index contributed by atoms with van der Waals surface area (Å²) < 4.78 is 0. The molecule has 0 atom stereocenters. The zero-order valence-electron chi connectivity index (χ0n) is 15.9. The standard InChI is InChI=1S/C21H25N3O3S/c25-19(21-10-15-6-16(11-21)8-17(7-15)12-21)23-5-4-22-20(23)28-13-14-2-1-3-18(9-14)24(26)27/h1-3,9,15-17H,4-8,10-13H2. The van der Waals surface area contributed by atoms with Crippen LogP contribution in [0.5, 0.6) is 0 Å². The average Bonchev–Trinajstić information content (AvgIpc) is 3.13. The lowest BCUT2D eigenvalue weighted by molar-refractivity contribution is -0.384. The number of nitro groups is 1. The Bertz CT molecular complexity index is 818. The second-order valence-corrected chi connectivity index (χ2v) is 9.98. The molecule has 4 bridgehead atoms. The van der Waals surface area contributed by atoms with Crippen molar-refractivity contribution in [2.75, 3.05) is 13.1 Å². The van der Waals surface area contributed by atoms with Gasteiger partial charge in [0.15, 0.2) is 5.17 Å². The maximum Gasteiger partial charge on any atom is 0.269 e. The fourth-order valence-corrected chi connectivity index (χ4v) is 7.29. The van der Waals surface area contributed by atoms with Crippen LogP contribution < -0.4 is 0 Å². The van der Waals surface area contributed by atoms with Crippen LogP contribution in [-0.4, -0.2) is 34.0 Å². The summed E-state index contributed by atoms with van der Waals surface area (Å²) in [5.41, 5.74) is 0.843. The third-order valence-electron chi connectivity index (χ3n) is 7.03. The average molecular weight is 400 g/mol. The van der Waals surface area contributed by atoms with Crippen LogP contribution in [-0.2, 0) is 10.5 Å². The zero-order valence-corrected chi connectivity index (χ0v) is 16.7. The van der Waals surface area contributed by atoms with Crippen LogP contribution in [0.3, 0.4) is 0 Å². The molecule has 4 saturated carbocycles. The largest absolute Gasteiger partial charge is 0.289 e. The maximum atomic E-state index is 13.6. The van der Waals surface area contributed by atoms with Crippen molar-refractivity contribution in [3.63, 3.8) is 0 Å². The molecule has 1 aromatic carbocycles. The number of nitro benzene ring substituents is 1. The van der Waals surface area contributed by atoms with Gasteiger partial charge in [0, 0.05) is 24.4 Å². The first-order chi connectivity index (χ1) is 13.5. The summed E-state index contributed by atoms with van der Waals surface area (Å²) in [4.78, 5) is 30.7. The van der Waals surface area contributed by atoms with Gasteiger partial charge in [-0.1, -0.05) is 23.9 Å². The smallest absolute Gasteiger partial charge is 0.269 e. The van der Waals surface area contributed by atoms with E-state index >= 15 is 0 Å². The van der Waals surface area contributed by atoms with Crippen LogP contribution in [0.4, 0.5) is 5.69 Å². The summed E-state index contributed by atoms with van der Waals surface area (Å²) in [7, 11) is 0. The lowest BCUT2D eigenvalue weighted by Gasteiger charge is -2.56. The van der Waals surface area contributed by atoms with Gasteiger partial charge in [-0.15, -0.1) is 0 Å².